The molecule has 0 aliphatic heterocycles. The van der Waals surface area contributed by atoms with Crippen LogP contribution in [0.5, 0.6) is 5.75 Å². The standard InChI is InChI=1S/C34H30O2/c1-35-32-24-22-27(23-25-32)26-36-34(30-18-10-4-11-19-30,31-20-12-5-13-21-31)33(28-14-6-2-7-15-28)29-16-8-3-9-17-29/h2-25,33H,26H2,1H3. The Morgan fingerprint density at radius 3 is 1.36 bits per heavy atom. The van der Waals surface area contributed by atoms with Gasteiger partial charge in [0.2, 0.25) is 0 Å². The predicted molar refractivity (Wildman–Crippen MR) is 146 cm³/mol. The summed E-state index contributed by atoms with van der Waals surface area (Å²) in [5, 5.41) is 0. The lowest BCUT2D eigenvalue weighted by Crippen LogP contribution is -2.39. The molecule has 0 bridgehead atoms. The van der Waals surface area contributed by atoms with Crippen LogP contribution in [0.4, 0.5) is 0 Å². The molecule has 0 heterocycles. The fourth-order valence-corrected chi connectivity index (χ4v) is 4.99. The molecule has 0 aliphatic rings. The van der Waals surface area contributed by atoms with Crippen molar-refractivity contribution in [3.05, 3.63) is 173 Å². The lowest BCUT2D eigenvalue weighted by molar-refractivity contribution is -0.0426. The summed E-state index contributed by atoms with van der Waals surface area (Å²) in [6.45, 7) is 0.448. The fraction of sp³-hybridized carbons (Fsp3) is 0.118. The van der Waals surface area contributed by atoms with E-state index in [0.717, 1.165) is 22.4 Å². The van der Waals surface area contributed by atoms with E-state index in [1.54, 1.807) is 7.11 Å². The van der Waals surface area contributed by atoms with Gasteiger partial charge in [0.05, 0.1) is 13.7 Å². The molecule has 0 fully saturated rings. The van der Waals surface area contributed by atoms with E-state index in [1.165, 1.54) is 11.1 Å². The third-order valence-electron chi connectivity index (χ3n) is 6.70. The van der Waals surface area contributed by atoms with Crippen molar-refractivity contribution in [2.45, 2.75) is 18.1 Å². The summed E-state index contributed by atoms with van der Waals surface area (Å²) in [6.07, 6.45) is 0. The van der Waals surface area contributed by atoms with Crippen molar-refractivity contribution in [2.75, 3.05) is 7.11 Å². The first-order chi connectivity index (χ1) is 17.8. The number of hydrogen-bond acceptors (Lipinski definition) is 2. The fourth-order valence-electron chi connectivity index (χ4n) is 4.99. The maximum atomic E-state index is 7.19. The van der Waals surface area contributed by atoms with E-state index in [2.05, 4.69) is 133 Å². The van der Waals surface area contributed by atoms with Crippen LogP contribution in [0.1, 0.15) is 33.7 Å². The van der Waals surface area contributed by atoms with Crippen LogP contribution in [0.15, 0.2) is 146 Å². The van der Waals surface area contributed by atoms with Crippen LogP contribution < -0.4 is 4.74 Å². The molecule has 0 radical (unpaired) electrons. The number of benzene rings is 5. The molecule has 2 heteroatoms. The first-order valence-electron chi connectivity index (χ1n) is 12.3. The molecule has 0 unspecified atom stereocenters. The summed E-state index contributed by atoms with van der Waals surface area (Å²) in [4.78, 5) is 0. The van der Waals surface area contributed by atoms with Crippen LogP contribution in [0.2, 0.25) is 0 Å². The summed E-state index contributed by atoms with van der Waals surface area (Å²) in [5.74, 6) is 0.755. The zero-order chi connectivity index (χ0) is 24.6. The molecule has 5 rings (SSSR count). The van der Waals surface area contributed by atoms with Gasteiger partial charge in [-0.15, -0.1) is 0 Å². The van der Waals surface area contributed by atoms with Crippen LogP contribution in [0.3, 0.4) is 0 Å². The highest BCUT2D eigenvalue weighted by molar-refractivity contribution is 5.48. The lowest BCUT2D eigenvalue weighted by atomic mass is 9.69. The zero-order valence-corrected chi connectivity index (χ0v) is 20.5. The minimum absolute atomic E-state index is 0.0806. The normalized spacial score (nSPS) is 11.4. The van der Waals surface area contributed by atoms with Gasteiger partial charge >= 0.3 is 0 Å². The predicted octanol–water partition coefficient (Wildman–Crippen LogP) is 7.99. The molecule has 0 atom stereocenters. The van der Waals surface area contributed by atoms with Gasteiger partial charge in [0.25, 0.3) is 0 Å². The average molecular weight is 471 g/mol. The van der Waals surface area contributed by atoms with E-state index in [-0.39, 0.29) is 5.92 Å². The molecule has 5 aromatic carbocycles. The Bertz CT molecular complexity index is 1250. The van der Waals surface area contributed by atoms with Crippen molar-refractivity contribution < 1.29 is 9.47 Å². The molecule has 0 saturated heterocycles. The van der Waals surface area contributed by atoms with E-state index >= 15 is 0 Å². The molecule has 0 amide bonds. The van der Waals surface area contributed by atoms with Crippen molar-refractivity contribution in [2.24, 2.45) is 0 Å². The second-order valence-corrected chi connectivity index (χ2v) is 8.86. The Balaban J connectivity index is 1.74. The minimum Gasteiger partial charge on any atom is -0.497 e. The van der Waals surface area contributed by atoms with Gasteiger partial charge in [0, 0.05) is 5.92 Å². The van der Waals surface area contributed by atoms with Gasteiger partial charge < -0.3 is 9.47 Å². The molecule has 0 spiro atoms. The van der Waals surface area contributed by atoms with Gasteiger partial charge in [0.15, 0.2) is 0 Å². The molecular weight excluding hydrogens is 440 g/mol. The summed E-state index contributed by atoms with van der Waals surface area (Å²) < 4.78 is 12.6. The molecule has 0 saturated carbocycles. The van der Waals surface area contributed by atoms with Gasteiger partial charge in [-0.3, -0.25) is 0 Å². The third-order valence-corrected chi connectivity index (χ3v) is 6.70. The van der Waals surface area contributed by atoms with E-state index in [9.17, 15) is 0 Å². The van der Waals surface area contributed by atoms with Crippen LogP contribution in [0, 0.1) is 0 Å². The highest BCUT2D eigenvalue weighted by Crippen LogP contribution is 2.49. The highest BCUT2D eigenvalue weighted by atomic mass is 16.5. The summed E-state index contributed by atoms with van der Waals surface area (Å²) >= 11 is 0. The van der Waals surface area contributed by atoms with E-state index in [4.69, 9.17) is 9.47 Å². The van der Waals surface area contributed by atoms with Crippen LogP contribution in [-0.4, -0.2) is 7.11 Å². The Morgan fingerprint density at radius 1 is 0.528 bits per heavy atom. The van der Waals surface area contributed by atoms with Crippen molar-refractivity contribution in [3.63, 3.8) is 0 Å². The van der Waals surface area contributed by atoms with Crippen LogP contribution >= 0.6 is 0 Å². The van der Waals surface area contributed by atoms with Gasteiger partial charge in [-0.25, -0.2) is 0 Å². The number of methoxy groups -OCH3 is 1. The quantitative estimate of drug-likeness (QED) is 0.217. The molecule has 0 N–H and O–H groups in total. The monoisotopic (exact) mass is 470 g/mol. The average Bonchev–Trinajstić information content (AvgIpc) is 2.97. The summed E-state index contributed by atoms with van der Waals surface area (Å²) in [6, 6.07) is 50.7. The van der Waals surface area contributed by atoms with Crippen molar-refractivity contribution in [1.29, 1.82) is 0 Å². The van der Waals surface area contributed by atoms with Crippen LogP contribution in [0.25, 0.3) is 0 Å². The third kappa shape index (κ3) is 4.82. The van der Waals surface area contributed by atoms with Crippen LogP contribution in [-0.2, 0) is 16.9 Å². The Kier molecular flexibility index (Phi) is 7.25. The van der Waals surface area contributed by atoms with Crippen molar-refractivity contribution in [1.82, 2.24) is 0 Å². The smallest absolute Gasteiger partial charge is 0.129 e. The Morgan fingerprint density at radius 2 is 0.944 bits per heavy atom. The maximum Gasteiger partial charge on any atom is 0.129 e. The molecule has 5 aromatic rings. The number of ether oxygens (including phenoxy) is 2. The summed E-state index contributed by atoms with van der Waals surface area (Å²) in [5.41, 5.74) is 4.94. The highest BCUT2D eigenvalue weighted by Gasteiger charge is 2.45. The van der Waals surface area contributed by atoms with Gasteiger partial charge in [-0.2, -0.15) is 0 Å². The second kappa shape index (κ2) is 11.1. The maximum absolute atomic E-state index is 7.19. The molecular formula is C34H30O2. The molecule has 0 aliphatic carbocycles. The van der Waals surface area contributed by atoms with E-state index in [0.29, 0.717) is 6.61 Å². The van der Waals surface area contributed by atoms with Gasteiger partial charge in [-0.05, 0) is 39.9 Å². The van der Waals surface area contributed by atoms with Gasteiger partial charge in [-0.1, -0.05) is 133 Å². The Hall–Kier alpha value is -4.14. The summed E-state index contributed by atoms with van der Waals surface area (Å²) in [7, 11) is 1.69. The van der Waals surface area contributed by atoms with Crippen molar-refractivity contribution in [3.8, 4) is 5.75 Å². The van der Waals surface area contributed by atoms with Gasteiger partial charge in [0.1, 0.15) is 11.4 Å². The topological polar surface area (TPSA) is 18.5 Å². The van der Waals surface area contributed by atoms with E-state index in [1.807, 2.05) is 12.1 Å². The molecule has 36 heavy (non-hydrogen) atoms. The van der Waals surface area contributed by atoms with E-state index < -0.39 is 5.60 Å². The molecule has 2 nitrogen and oxygen atoms in total. The minimum atomic E-state index is -0.773. The zero-order valence-electron chi connectivity index (χ0n) is 20.5. The van der Waals surface area contributed by atoms with Crippen molar-refractivity contribution >= 4 is 0 Å². The SMILES string of the molecule is COc1ccc(COC(c2ccccc2)(c2ccccc2)C(c2ccccc2)c2ccccc2)cc1. The number of rotatable bonds is 9. The lowest BCUT2D eigenvalue weighted by Gasteiger charge is -2.42. The molecule has 178 valence electrons. The first-order valence-corrected chi connectivity index (χ1v) is 12.3. The first kappa shape index (κ1) is 23.6. The number of hydrogen-bond donors (Lipinski definition) is 0. The largest absolute Gasteiger partial charge is 0.497 e. The second-order valence-electron chi connectivity index (χ2n) is 8.86. The molecule has 0 aromatic heterocycles. The Labute approximate surface area is 213 Å².